The Hall–Kier alpha value is -7.75. The molecule has 0 fully saturated rings. The Labute approximate surface area is 336 Å². The fraction of sp³-hybridized carbons (Fsp3) is 0. The van der Waals surface area contributed by atoms with Crippen LogP contribution in [0.3, 0.4) is 0 Å². The summed E-state index contributed by atoms with van der Waals surface area (Å²) in [6.07, 6.45) is 0. The lowest BCUT2D eigenvalue weighted by molar-refractivity contribution is 0.620. The van der Waals surface area contributed by atoms with E-state index in [2.05, 4.69) is 187 Å². The van der Waals surface area contributed by atoms with Crippen LogP contribution in [0.5, 0.6) is 0 Å². The molecular weight excluding hydrogens is 705 g/mol. The van der Waals surface area contributed by atoms with E-state index in [1.54, 1.807) is 0 Å². The van der Waals surface area contributed by atoms with Gasteiger partial charge < -0.3 is 9.32 Å². The van der Waals surface area contributed by atoms with Crippen molar-refractivity contribution in [2.75, 3.05) is 4.90 Å². The van der Waals surface area contributed by atoms with Gasteiger partial charge in [-0.2, -0.15) is 0 Å². The van der Waals surface area contributed by atoms with Gasteiger partial charge in [-0.1, -0.05) is 152 Å². The highest BCUT2D eigenvalue weighted by atomic mass is 16.3. The van der Waals surface area contributed by atoms with E-state index >= 15 is 0 Å². The summed E-state index contributed by atoms with van der Waals surface area (Å²) in [6.45, 7) is 0. The summed E-state index contributed by atoms with van der Waals surface area (Å²) in [5.41, 5.74) is 13.1. The Balaban J connectivity index is 0.876. The zero-order chi connectivity index (χ0) is 38.4. The Morgan fingerprint density at radius 1 is 0.328 bits per heavy atom. The van der Waals surface area contributed by atoms with E-state index in [1.165, 1.54) is 54.9 Å². The van der Waals surface area contributed by atoms with E-state index in [0.29, 0.717) is 5.89 Å². The standard InChI is InChI=1S/C55H36N2O/c1-3-11-41(12-4-1)55-56-54-49-33-27-42(35-44(49)28-34-53(54)58-55)39-21-19-37(20-22-39)38-23-29-46(30-24-38)57(45-14-5-2-6-15-45)47-31-25-40(26-32-47)52-36-43-13-7-8-16-48(43)50-17-9-10-18-51(50)52/h1-36H. The Kier molecular flexibility index (Phi) is 8.15. The van der Waals surface area contributed by atoms with Crippen molar-refractivity contribution in [2.24, 2.45) is 0 Å². The summed E-state index contributed by atoms with van der Waals surface area (Å²) in [7, 11) is 0. The van der Waals surface area contributed by atoms with Crippen molar-refractivity contribution in [1.29, 1.82) is 0 Å². The number of aromatic nitrogens is 1. The van der Waals surface area contributed by atoms with Crippen LogP contribution in [0.25, 0.3) is 88.3 Å². The molecule has 0 aliphatic heterocycles. The summed E-state index contributed by atoms with van der Waals surface area (Å²) < 4.78 is 6.13. The minimum Gasteiger partial charge on any atom is -0.436 e. The lowest BCUT2D eigenvalue weighted by Crippen LogP contribution is -2.09. The molecule has 272 valence electrons. The van der Waals surface area contributed by atoms with Gasteiger partial charge in [-0.05, 0) is 127 Å². The monoisotopic (exact) mass is 740 g/mol. The number of fused-ring (bicyclic) bond motifs is 6. The first-order valence-electron chi connectivity index (χ1n) is 19.7. The fourth-order valence-electron chi connectivity index (χ4n) is 8.37. The predicted molar refractivity (Wildman–Crippen MR) is 243 cm³/mol. The molecule has 1 heterocycles. The molecule has 0 atom stereocenters. The van der Waals surface area contributed by atoms with Crippen molar-refractivity contribution >= 4 is 60.5 Å². The molecule has 1 aromatic heterocycles. The summed E-state index contributed by atoms with van der Waals surface area (Å²) in [6, 6.07) is 77.8. The van der Waals surface area contributed by atoms with Crippen LogP contribution < -0.4 is 4.90 Å². The summed E-state index contributed by atoms with van der Waals surface area (Å²) in [4.78, 5) is 7.20. The Morgan fingerprint density at radius 2 is 0.845 bits per heavy atom. The lowest BCUT2D eigenvalue weighted by atomic mass is 9.93. The third kappa shape index (κ3) is 5.98. The molecule has 0 bridgehead atoms. The normalized spacial score (nSPS) is 11.4. The Morgan fingerprint density at radius 3 is 1.55 bits per heavy atom. The van der Waals surface area contributed by atoms with Crippen LogP contribution in [0.1, 0.15) is 0 Å². The quantitative estimate of drug-likeness (QED) is 0.152. The number of para-hydroxylation sites is 1. The van der Waals surface area contributed by atoms with E-state index in [9.17, 15) is 0 Å². The number of anilines is 3. The summed E-state index contributed by atoms with van der Waals surface area (Å²) in [5.74, 6) is 0.643. The van der Waals surface area contributed by atoms with E-state index in [0.717, 1.165) is 44.5 Å². The highest BCUT2D eigenvalue weighted by molar-refractivity contribution is 6.14. The molecule has 0 radical (unpaired) electrons. The second-order valence-corrected chi connectivity index (χ2v) is 14.8. The number of hydrogen-bond acceptors (Lipinski definition) is 3. The zero-order valence-electron chi connectivity index (χ0n) is 31.6. The summed E-state index contributed by atoms with van der Waals surface area (Å²) >= 11 is 0. The smallest absolute Gasteiger partial charge is 0.227 e. The SMILES string of the molecule is c1ccc(-c2nc3c(ccc4cc(-c5ccc(-c6ccc(N(c7ccccc7)c7ccc(-c8cc9ccccc9c9ccccc89)cc7)cc6)cc5)ccc43)o2)cc1. The first kappa shape index (κ1) is 33.6. The molecule has 0 aliphatic rings. The minimum atomic E-state index is 0.643. The number of hydrogen-bond donors (Lipinski definition) is 0. The van der Waals surface area contributed by atoms with E-state index in [1.807, 2.05) is 36.4 Å². The van der Waals surface area contributed by atoms with Crippen molar-refractivity contribution < 1.29 is 4.42 Å². The van der Waals surface area contributed by atoms with Gasteiger partial charge in [0.05, 0.1) is 0 Å². The van der Waals surface area contributed by atoms with Crippen molar-refractivity contribution in [2.45, 2.75) is 0 Å². The molecule has 10 aromatic carbocycles. The van der Waals surface area contributed by atoms with Crippen LogP contribution in [0.2, 0.25) is 0 Å². The summed E-state index contributed by atoms with van der Waals surface area (Å²) in [5, 5.41) is 7.30. The second-order valence-electron chi connectivity index (χ2n) is 14.8. The average molecular weight is 741 g/mol. The molecule has 3 nitrogen and oxygen atoms in total. The zero-order valence-corrected chi connectivity index (χ0v) is 31.6. The molecule has 0 saturated carbocycles. The molecule has 0 amide bonds. The van der Waals surface area contributed by atoms with Crippen molar-refractivity contribution in [3.63, 3.8) is 0 Å². The molecule has 0 spiro atoms. The van der Waals surface area contributed by atoms with Gasteiger partial charge in [0.25, 0.3) is 0 Å². The number of benzene rings is 10. The minimum absolute atomic E-state index is 0.643. The molecule has 11 aromatic rings. The highest BCUT2D eigenvalue weighted by Crippen LogP contribution is 2.40. The van der Waals surface area contributed by atoms with Gasteiger partial charge in [0.1, 0.15) is 5.52 Å². The first-order chi connectivity index (χ1) is 28.7. The van der Waals surface area contributed by atoms with E-state index in [4.69, 9.17) is 9.40 Å². The molecule has 58 heavy (non-hydrogen) atoms. The van der Waals surface area contributed by atoms with Gasteiger partial charge in [0, 0.05) is 28.0 Å². The van der Waals surface area contributed by atoms with E-state index in [-0.39, 0.29) is 0 Å². The molecule has 0 unspecified atom stereocenters. The maximum Gasteiger partial charge on any atom is 0.227 e. The molecule has 0 N–H and O–H groups in total. The molecule has 3 heteroatoms. The molecule has 0 saturated heterocycles. The van der Waals surface area contributed by atoms with Gasteiger partial charge >= 0.3 is 0 Å². The van der Waals surface area contributed by atoms with Crippen molar-refractivity contribution in [3.8, 4) is 44.8 Å². The van der Waals surface area contributed by atoms with Gasteiger partial charge in [0.2, 0.25) is 5.89 Å². The molecule has 0 aliphatic carbocycles. The van der Waals surface area contributed by atoms with Crippen molar-refractivity contribution in [1.82, 2.24) is 4.98 Å². The van der Waals surface area contributed by atoms with Crippen LogP contribution in [0.4, 0.5) is 17.1 Å². The lowest BCUT2D eigenvalue weighted by Gasteiger charge is -2.26. The van der Waals surface area contributed by atoms with Crippen molar-refractivity contribution in [3.05, 3.63) is 218 Å². The van der Waals surface area contributed by atoms with Crippen LogP contribution >= 0.6 is 0 Å². The first-order valence-corrected chi connectivity index (χ1v) is 19.7. The molecular formula is C55H36N2O. The maximum atomic E-state index is 6.13. The third-order valence-corrected chi connectivity index (χ3v) is 11.3. The largest absolute Gasteiger partial charge is 0.436 e. The highest BCUT2D eigenvalue weighted by Gasteiger charge is 2.15. The predicted octanol–water partition coefficient (Wildman–Crippen LogP) is 15.4. The average Bonchev–Trinajstić information content (AvgIpc) is 3.75. The fourth-order valence-corrected chi connectivity index (χ4v) is 8.37. The Bertz CT molecular complexity index is 3240. The number of rotatable bonds is 7. The van der Waals surface area contributed by atoms with Gasteiger partial charge in [-0.15, -0.1) is 0 Å². The second kappa shape index (κ2) is 14.1. The van der Waals surface area contributed by atoms with Gasteiger partial charge in [0.15, 0.2) is 5.58 Å². The van der Waals surface area contributed by atoms with Crippen LogP contribution in [0.15, 0.2) is 223 Å². The van der Waals surface area contributed by atoms with E-state index < -0.39 is 0 Å². The van der Waals surface area contributed by atoms with Gasteiger partial charge in [-0.3, -0.25) is 0 Å². The van der Waals surface area contributed by atoms with Gasteiger partial charge in [-0.25, -0.2) is 4.98 Å². The van der Waals surface area contributed by atoms with Crippen LogP contribution in [-0.4, -0.2) is 4.98 Å². The molecule has 11 rings (SSSR count). The number of nitrogens with zero attached hydrogens (tertiary/aromatic N) is 2. The topological polar surface area (TPSA) is 29.3 Å². The van der Waals surface area contributed by atoms with Crippen LogP contribution in [0, 0.1) is 0 Å². The maximum absolute atomic E-state index is 6.13. The third-order valence-electron chi connectivity index (χ3n) is 11.3. The van der Waals surface area contributed by atoms with Crippen LogP contribution in [-0.2, 0) is 0 Å². The number of oxazole rings is 1.